The predicted octanol–water partition coefficient (Wildman–Crippen LogP) is 2.09. The van der Waals surface area contributed by atoms with Gasteiger partial charge in [0.2, 0.25) is 0 Å². The summed E-state index contributed by atoms with van der Waals surface area (Å²) in [6, 6.07) is 0. The molecular weight excluding hydrogens is 304 g/mol. The van der Waals surface area contributed by atoms with E-state index >= 15 is 0 Å². The fraction of sp³-hybridized carbons (Fsp3) is 1.00. The highest BCUT2D eigenvalue weighted by Gasteiger charge is 2.70. The molecule has 24 heavy (non-hydrogen) atoms. The third kappa shape index (κ3) is 1.84. The van der Waals surface area contributed by atoms with Crippen molar-refractivity contribution in [2.24, 2.45) is 34.0 Å². The molecule has 4 saturated carbocycles. The van der Waals surface area contributed by atoms with Gasteiger partial charge >= 0.3 is 0 Å². The topological polar surface area (TPSA) is 80.9 Å². The SMILES string of the molecule is C[C@]1(CO)C2CCC3CC4CC3(CC[C@]4(O)CO)[C@@]2(C)CC[C@H]1O. The fourth-order valence-corrected chi connectivity index (χ4v) is 7.93. The maximum atomic E-state index is 10.9. The van der Waals surface area contributed by atoms with Crippen molar-refractivity contribution in [3.8, 4) is 0 Å². The summed E-state index contributed by atoms with van der Waals surface area (Å²) in [5.74, 6) is 1.18. The summed E-state index contributed by atoms with van der Waals surface area (Å²) in [6.07, 6.45) is 7.33. The summed E-state index contributed by atoms with van der Waals surface area (Å²) < 4.78 is 0. The molecule has 4 nitrogen and oxygen atoms in total. The van der Waals surface area contributed by atoms with Gasteiger partial charge in [-0.15, -0.1) is 0 Å². The van der Waals surface area contributed by atoms with E-state index in [1.165, 1.54) is 0 Å². The Morgan fingerprint density at radius 3 is 2.33 bits per heavy atom. The second kappa shape index (κ2) is 5.18. The standard InChI is InChI=1S/C20H34O4/c1-17(11-21)15-4-3-13-9-14-10-19(13,7-8-20(14,24)12-22)18(15,2)6-5-16(17)23/h13-16,21-24H,3-12H2,1-2H3/t13?,14?,15?,16-,17+,18+,19?,20+/m1/s1. The average Bonchev–Trinajstić information content (AvgIpc) is 2.93. The van der Waals surface area contributed by atoms with Crippen LogP contribution in [0.5, 0.6) is 0 Å². The third-order valence-electron chi connectivity index (χ3n) is 9.54. The smallest absolute Gasteiger partial charge is 0.0905 e. The minimum Gasteiger partial charge on any atom is -0.396 e. The van der Waals surface area contributed by atoms with Crippen molar-refractivity contribution >= 4 is 0 Å². The first kappa shape index (κ1) is 17.3. The second-order valence-corrected chi connectivity index (χ2v) is 10.0. The van der Waals surface area contributed by atoms with Crippen LogP contribution >= 0.6 is 0 Å². The van der Waals surface area contributed by atoms with Gasteiger partial charge in [0.1, 0.15) is 0 Å². The van der Waals surface area contributed by atoms with Gasteiger partial charge in [0.05, 0.1) is 24.9 Å². The molecular formula is C20H34O4. The molecule has 2 bridgehead atoms. The number of hydrogen-bond donors (Lipinski definition) is 4. The van der Waals surface area contributed by atoms with Crippen LogP contribution in [0.15, 0.2) is 0 Å². The first-order chi connectivity index (χ1) is 11.3. The Labute approximate surface area is 145 Å². The van der Waals surface area contributed by atoms with E-state index in [1.807, 2.05) is 0 Å². The Bertz CT molecular complexity index is 524. The van der Waals surface area contributed by atoms with Gasteiger partial charge in [0, 0.05) is 5.41 Å². The van der Waals surface area contributed by atoms with Crippen molar-refractivity contribution in [3.63, 3.8) is 0 Å². The molecule has 1 spiro atoms. The molecule has 4 fully saturated rings. The summed E-state index contributed by atoms with van der Waals surface area (Å²) in [5, 5.41) is 41.3. The van der Waals surface area contributed by atoms with Crippen LogP contribution in [0, 0.1) is 34.0 Å². The molecule has 4 rings (SSSR count). The lowest BCUT2D eigenvalue weighted by atomic mass is 9.39. The largest absolute Gasteiger partial charge is 0.396 e. The van der Waals surface area contributed by atoms with Gasteiger partial charge in [0.25, 0.3) is 0 Å². The summed E-state index contributed by atoms with van der Waals surface area (Å²) in [6.45, 7) is 4.43. The third-order valence-corrected chi connectivity index (χ3v) is 9.54. The van der Waals surface area contributed by atoms with E-state index in [0.717, 1.165) is 44.9 Å². The molecule has 4 N–H and O–H groups in total. The lowest BCUT2D eigenvalue weighted by molar-refractivity contribution is -0.216. The van der Waals surface area contributed by atoms with E-state index < -0.39 is 17.1 Å². The summed E-state index contributed by atoms with van der Waals surface area (Å²) in [5.41, 5.74) is -0.949. The van der Waals surface area contributed by atoms with Crippen LogP contribution in [-0.4, -0.2) is 45.3 Å². The maximum absolute atomic E-state index is 10.9. The molecule has 138 valence electrons. The maximum Gasteiger partial charge on any atom is 0.0905 e. The van der Waals surface area contributed by atoms with E-state index in [-0.39, 0.29) is 30.0 Å². The molecule has 0 amide bonds. The van der Waals surface area contributed by atoms with Crippen LogP contribution in [0.1, 0.15) is 65.2 Å². The van der Waals surface area contributed by atoms with Gasteiger partial charge in [-0.2, -0.15) is 0 Å². The number of aliphatic hydroxyl groups is 4. The zero-order valence-corrected chi connectivity index (χ0v) is 15.2. The van der Waals surface area contributed by atoms with Gasteiger partial charge in [-0.05, 0) is 80.0 Å². The summed E-state index contributed by atoms with van der Waals surface area (Å²) in [4.78, 5) is 0. The van der Waals surface area contributed by atoms with Gasteiger partial charge in [-0.3, -0.25) is 0 Å². The number of rotatable bonds is 2. The first-order valence-corrected chi connectivity index (χ1v) is 9.88. The van der Waals surface area contributed by atoms with Crippen LogP contribution in [0.4, 0.5) is 0 Å². The Kier molecular flexibility index (Phi) is 3.73. The van der Waals surface area contributed by atoms with Gasteiger partial charge in [0.15, 0.2) is 0 Å². The van der Waals surface area contributed by atoms with Crippen LogP contribution in [0.25, 0.3) is 0 Å². The molecule has 0 aromatic rings. The fourth-order valence-electron chi connectivity index (χ4n) is 7.93. The zero-order chi connectivity index (χ0) is 17.4. The van der Waals surface area contributed by atoms with Crippen molar-refractivity contribution in [2.45, 2.75) is 76.9 Å². The summed E-state index contributed by atoms with van der Waals surface area (Å²) >= 11 is 0. The average molecular weight is 338 g/mol. The van der Waals surface area contributed by atoms with E-state index in [4.69, 9.17) is 0 Å². The Balaban J connectivity index is 1.74. The monoisotopic (exact) mass is 338 g/mol. The van der Waals surface area contributed by atoms with Crippen LogP contribution in [0.2, 0.25) is 0 Å². The van der Waals surface area contributed by atoms with Gasteiger partial charge in [-0.25, -0.2) is 0 Å². The van der Waals surface area contributed by atoms with Crippen molar-refractivity contribution in [1.82, 2.24) is 0 Å². The molecule has 0 aromatic heterocycles. The normalized spacial score (nSPS) is 59.8. The number of aliphatic hydroxyl groups excluding tert-OH is 3. The quantitative estimate of drug-likeness (QED) is 0.621. The molecule has 4 aliphatic rings. The highest BCUT2D eigenvalue weighted by atomic mass is 16.3. The molecule has 0 aromatic carbocycles. The molecule has 0 heterocycles. The highest BCUT2D eigenvalue weighted by molar-refractivity contribution is 5.19. The van der Waals surface area contributed by atoms with Crippen LogP contribution in [0.3, 0.4) is 0 Å². The molecule has 4 aliphatic carbocycles. The minimum atomic E-state index is -0.886. The minimum absolute atomic E-state index is 0.0547. The molecule has 0 radical (unpaired) electrons. The van der Waals surface area contributed by atoms with E-state index in [0.29, 0.717) is 18.3 Å². The van der Waals surface area contributed by atoms with Gasteiger partial charge in [-0.1, -0.05) is 13.8 Å². The Morgan fingerprint density at radius 1 is 0.917 bits per heavy atom. The van der Waals surface area contributed by atoms with E-state index in [2.05, 4.69) is 13.8 Å². The first-order valence-electron chi connectivity index (χ1n) is 9.88. The highest BCUT2D eigenvalue weighted by Crippen LogP contribution is 2.75. The lowest BCUT2D eigenvalue weighted by Gasteiger charge is -2.66. The van der Waals surface area contributed by atoms with Gasteiger partial charge < -0.3 is 20.4 Å². The molecule has 0 aliphatic heterocycles. The van der Waals surface area contributed by atoms with Crippen molar-refractivity contribution < 1.29 is 20.4 Å². The van der Waals surface area contributed by atoms with Crippen LogP contribution in [-0.2, 0) is 0 Å². The zero-order valence-electron chi connectivity index (χ0n) is 15.2. The summed E-state index contributed by atoms with van der Waals surface area (Å²) in [7, 11) is 0. The second-order valence-electron chi connectivity index (χ2n) is 10.0. The number of hydrogen-bond acceptors (Lipinski definition) is 4. The molecule has 8 atom stereocenters. The molecule has 0 saturated heterocycles. The van der Waals surface area contributed by atoms with E-state index in [9.17, 15) is 20.4 Å². The number of fused-ring (bicyclic) bond motifs is 2. The van der Waals surface area contributed by atoms with Crippen molar-refractivity contribution in [2.75, 3.05) is 13.2 Å². The predicted molar refractivity (Wildman–Crippen MR) is 91.2 cm³/mol. The Morgan fingerprint density at radius 2 is 1.67 bits per heavy atom. The lowest BCUT2D eigenvalue weighted by Crippen LogP contribution is -2.63. The molecule has 4 heteroatoms. The van der Waals surface area contributed by atoms with E-state index in [1.54, 1.807) is 0 Å². The van der Waals surface area contributed by atoms with Crippen LogP contribution < -0.4 is 0 Å². The Hall–Kier alpha value is -0.160. The van der Waals surface area contributed by atoms with Crippen molar-refractivity contribution in [1.29, 1.82) is 0 Å². The van der Waals surface area contributed by atoms with Crippen molar-refractivity contribution in [3.05, 3.63) is 0 Å². The molecule has 4 unspecified atom stereocenters.